The van der Waals surface area contributed by atoms with E-state index in [1.165, 1.54) is 19.0 Å². The minimum atomic E-state index is -1.13. The van der Waals surface area contributed by atoms with Crippen molar-refractivity contribution < 1.29 is 14.6 Å². The van der Waals surface area contributed by atoms with E-state index in [1.807, 2.05) is 12.1 Å². The maximum Gasteiger partial charge on any atom is 0.253 e. The maximum absolute atomic E-state index is 12.6. The molecular weight excluding hydrogens is 308 g/mol. The highest BCUT2D eigenvalue weighted by Gasteiger charge is 2.41. The molecule has 2 heterocycles. The van der Waals surface area contributed by atoms with Crippen molar-refractivity contribution >= 4 is 5.91 Å². The Kier molecular flexibility index (Phi) is 3.72. The number of carbonyl (C=O) groups is 1. The lowest BCUT2D eigenvalue weighted by atomic mass is 10.00. The SMILES string of the molecule is O=C(c1ccc(OCC2CC2)cc1)N1CCC(O)(c2cn[nH]n2)C1. The molecule has 1 aromatic heterocycles. The molecule has 2 aliphatic rings. The van der Waals surface area contributed by atoms with Gasteiger partial charge in [-0.05, 0) is 43.0 Å². The molecule has 0 bridgehead atoms. The van der Waals surface area contributed by atoms with Crippen LogP contribution in [0.15, 0.2) is 30.5 Å². The van der Waals surface area contributed by atoms with E-state index in [9.17, 15) is 9.90 Å². The molecule has 1 aliphatic heterocycles. The van der Waals surface area contributed by atoms with Gasteiger partial charge in [0.25, 0.3) is 5.91 Å². The largest absolute Gasteiger partial charge is 0.493 e. The van der Waals surface area contributed by atoms with Crippen LogP contribution in [0.4, 0.5) is 0 Å². The van der Waals surface area contributed by atoms with E-state index in [0.717, 1.165) is 12.4 Å². The number of β-amino-alcohol motifs (C(OH)–C–C–N with tert-alkyl or cyclic N) is 1. The second-order valence-corrected chi connectivity index (χ2v) is 6.64. The zero-order valence-electron chi connectivity index (χ0n) is 13.3. The van der Waals surface area contributed by atoms with Gasteiger partial charge in [-0.1, -0.05) is 0 Å². The zero-order valence-corrected chi connectivity index (χ0v) is 13.3. The van der Waals surface area contributed by atoms with Crippen LogP contribution in [0.5, 0.6) is 5.75 Å². The highest BCUT2D eigenvalue weighted by Crippen LogP contribution is 2.31. The zero-order chi connectivity index (χ0) is 16.6. The summed E-state index contributed by atoms with van der Waals surface area (Å²) in [5.74, 6) is 1.40. The number of aromatic amines is 1. The first kappa shape index (κ1) is 15.1. The number of rotatable bonds is 5. The highest BCUT2D eigenvalue weighted by atomic mass is 16.5. The molecule has 7 heteroatoms. The summed E-state index contributed by atoms with van der Waals surface area (Å²) in [6.45, 7) is 1.46. The van der Waals surface area contributed by atoms with Gasteiger partial charge in [-0.25, -0.2) is 0 Å². The van der Waals surface area contributed by atoms with E-state index in [1.54, 1.807) is 17.0 Å². The summed E-state index contributed by atoms with van der Waals surface area (Å²) in [7, 11) is 0. The van der Waals surface area contributed by atoms with E-state index in [-0.39, 0.29) is 12.5 Å². The third-order valence-corrected chi connectivity index (χ3v) is 4.71. The fourth-order valence-electron chi connectivity index (χ4n) is 2.98. The van der Waals surface area contributed by atoms with Crippen LogP contribution >= 0.6 is 0 Å². The standard InChI is InChI=1S/C17H20N4O3/c22-16(13-3-5-14(6-4-13)24-10-12-1-2-12)21-8-7-17(23,11-21)15-9-18-20-19-15/h3-6,9,12,23H,1-2,7-8,10-11H2,(H,18,19,20). The summed E-state index contributed by atoms with van der Waals surface area (Å²) in [5.41, 5.74) is -0.0597. The van der Waals surface area contributed by atoms with E-state index >= 15 is 0 Å². The van der Waals surface area contributed by atoms with Crippen molar-refractivity contribution in [3.05, 3.63) is 41.7 Å². The second kappa shape index (κ2) is 5.90. The van der Waals surface area contributed by atoms with Gasteiger partial charge in [0.15, 0.2) is 0 Å². The first-order chi connectivity index (χ1) is 11.6. The van der Waals surface area contributed by atoms with Crippen LogP contribution in [0.2, 0.25) is 0 Å². The van der Waals surface area contributed by atoms with Crippen LogP contribution in [0.1, 0.15) is 35.3 Å². The lowest BCUT2D eigenvalue weighted by Gasteiger charge is -2.21. The number of aromatic nitrogens is 3. The molecule has 1 saturated carbocycles. The quantitative estimate of drug-likeness (QED) is 0.864. The minimum absolute atomic E-state index is 0.0943. The topological polar surface area (TPSA) is 91.3 Å². The number of aliphatic hydroxyl groups is 1. The number of amides is 1. The fraction of sp³-hybridized carbons (Fsp3) is 0.471. The predicted octanol–water partition coefficient (Wildman–Crippen LogP) is 1.33. The Morgan fingerprint density at radius 3 is 2.83 bits per heavy atom. The van der Waals surface area contributed by atoms with Crippen molar-refractivity contribution in [1.29, 1.82) is 0 Å². The van der Waals surface area contributed by atoms with Crippen molar-refractivity contribution in [2.24, 2.45) is 5.92 Å². The van der Waals surface area contributed by atoms with Gasteiger partial charge in [-0.15, -0.1) is 0 Å². The normalized spacial score (nSPS) is 23.5. The molecule has 1 unspecified atom stereocenters. The van der Waals surface area contributed by atoms with Crippen LogP contribution in [-0.4, -0.2) is 51.0 Å². The fourth-order valence-corrected chi connectivity index (χ4v) is 2.98. The van der Waals surface area contributed by atoms with Gasteiger partial charge in [0.2, 0.25) is 0 Å². The molecule has 4 rings (SSSR count). The lowest BCUT2D eigenvalue weighted by Crippen LogP contribution is -2.34. The van der Waals surface area contributed by atoms with Crippen LogP contribution in [0.25, 0.3) is 0 Å². The molecule has 2 fully saturated rings. The number of H-pyrrole nitrogens is 1. The average Bonchev–Trinajstić information content (AvgIpc) is 3.09. The van der Waals surface area contributed by atoms with Gasteiger partial charge in [-0.2, -0.15) is 15.4 Å². The van der Waals surface area contributed by atoms with Crippen LogP contribution in [0, 0.1) is 5.92 Å². The number of nitrogens with zero attached hydrogens (tertiary/aromatic N) is 3. The molecule has 2 aromatic rings. The van der Waals surface area contributed by atoms with E-state index < -0.39 is 5.60 Å². The molecule has 7 nitrogen and oxygen atoms in total. The third kappa shape index (κ3) is 2.99. The number of ether oxygens (including phenoxy) is 1. The van der Waals surface area contributed by atoms with Crippen molar-refractivity contribution in [3.63, 3.8) is 0 Å². The van der Waals surface area contributed by atoms with Gasteiger partial charge >= 0.3 is 0 Å². The summed E-state index contributed by atoms with van der Waals surface area (Å²) in [6, 6.07) is 7.21. The minimum Gasteiger partial charge on any atom is -0.493 e. The Labute approximate surface area is 139 Å². The van der Waals surface area contributed by atoms with E-state index in [4.69, 9.17) is 4.74 Å². The summed E-state index contributed by atoms with van der Waals surface area (Å²) >= 11 is 0. The van der Waals surface area contributed by atoms with Gasteiger partial charge in [-0.3, -0.25) is 4.79 Å². The number of hydrogen-bond donors (Lipinski definition) is 2. The molecule has 1 aromatic carbocycles. The molecule has 0 radical (unpaired) electrons. The summed E-state index contributed by atoms with van der Waals surface area (Å²) < 4.78 is 5.69. The first-order valence-electron chi connectivity index (χ1n) is 8.25. The van der Waals surface area contributed by atoms with Crippen LogP contribution in [-0.2, 0) is 5.60 Å². The van der Waals surface area contributed by atoms with E-state index in [2.05, 4.69) is 15.4 Å². The predicted molar refractivity (Wildman–Crippen MR) is 85.5 cm³/mol. The number of likely N-dealkylation sites (tertiary alicyclic amines) is 1. The van der Waals surface area contributed by atoms with Crippen molar-refractivity contribution in [2.45, 2.75) is 24.9 Å². The van der Waals surface area contributed by atoms with E-state index in [0.29, 0.717) is 30.1 Å². The molecule has 1 saturated heterocycles. The van der Waals surface area contributed by atoms with Crippen LogP contribution in [0.3, 0.4) is 0 Å². The smallest absolute Gasteiger partial charge is 0.253 e. The second-order valence-electron chi connectivity index (χ2n) is 6.64. The molecule has 2 N–H and O–H groups in total. The Hall–Kier alpha value is -2.41. The van der Waals surface area contributed by atoms with Gasteiger partial charge < -0.3 is 14.7 Å². The summed E-state index contributed by atoms with van der Waals surface area (Å²) in [5, 5.41) is 20.8. The Bertz CT molecular complexity index is 712. The van der Waals surface area contributed by atoms with Crippen LogP contribution < -0.4 is 4.74 Å². The molecule has 1 aliphatic carbocycles. The van der Waals surface area contributed by atoms with Gasteiger partial charge in [0.05, 0.1) is 19.3 Å². The third-order valence-electron chi connectivity index (χ3n) is 4.71. The molecular formula is C17H20N4O3. The Morgan fingerprint density at radius 1 is 1.38 bits per heavy atom. The summed E-state index contributed by atoms with van der Waals surface area (Å²) in [6.07, 6.45) is 4.45. The number of carbonyl (C=O) groups excluding carboxylic acids is 1. The molecule has 1 atom stereocenters. The average molecular weight is 328 g/mol. The monoisotopic (exact) mass is 328 g/mol. The lowest BCUT2D eigenvalue weighted by molar-refractivity contribution is 0.0382. The van der Waals surface area contributed by atoms with Crippen molar-refractivity contribution in [2.75, 3.05) is 19.7 Å². The number of nitrogens with one attached hydrogen (secondary N) is 1. The summed E-state index contributed by atoms with van der Waals surface area (Å²) in [4.78, 5) is 14.3. The first-order valence-corrected chi connectivity index (χ1v) is 8.25. The molecule has 126 valence electrons. The molecule has 1 amide bonds. The van der Waals surface area contributed by atoms with Crippen molar-refractivity contribution in [3.8, 4) is 5.75 Å². The maximum atomic E-state index is 12.6. The Morgan fingerprint density at radius 2 is 2.17 bits per heavy atom. The number of benzene rings is 1. The highest BCUT2D eigenvalue weighted by molar-refractivity contribution is 5.94. The number of hydrogen-bond acceptors (Lipinski definition) is 5. The molecule has 0 spiro atoms. The van der Waals surface area contributed by atoms with Gasteiger partial charge in [0.1, 0.15) is 17.0 Å². The van der Waals surface area contributed by atoms with Crippen molar-refractivity contribution in [1.82, 2.24) is 20.3 Å². The van der Waals surface area contributed by atoms with Gasteiger partial charge in [0, 0.05) is 18.5 Å². The Balaban J connectivity index is 1.40. The molecule has 24 heavy (non-hydrogen) atoms.